The molecule has 0 spiro atoms. The van der Waals surface area contributed by atoms with Crippen LogP contribution in [0.4, 0.5) is 10.3 Å². The van der Waals surface area contributed by atoms with Crippen LogP contribution in [0.3, 0.4) is 0 Å². The van der Waals surface area contributed by atoms with E-state index in [4.69, 9.17) is 0 Å². The maximum Gasteiger partial charge on any atom is 0.315 e. The number of rotatable bonds is 2. The average molecular weight is 282 g/mol. The summed E-state index contributed by atoms with van der Waals surface area (Å²) in [6.45, 7) is 3.62. The lowest BCUT2D eigenvalue weighted by atomic mass is 10.5. The molecule has 0 saturated carbocycles. The fraction of sp³-hybridized carbons (Fsp3) is 0.200. The first-order valence-electron chi connectivity index (χ1n) is 5.01. The summed E-state index contributed by atoms with van der Waals surface area (Å²) >= 11 is 2.54. The van der Waals surface area contributed by atoms with Crippen LogP contribution in [-0.4, -0.2) is 21.8 Å². The maximum atomic E-state index is 11.6. The van der Waals surface area contributed by atoms with Crippen LogP contribution in [0.5, 0.6) is 0 Å². The molecule has 0 aliphatic rings. The lowest BCUT2D eigenvalue weighted by Crippen LogP contribution is -2.29. The van der Waals surface area contributed by atoms with Gasteiger partial charge in [-0.05, 0) is 13.8 Å². The van der Waals surface area contributed by atoms with Crippen molar-refractivity contribution in [2.24, 2.45) is 0 Å². The standard InChI is InChI=1S/C10H10N4O2S2/c1-5-3-17-9(11-5)13-7(15)8(16)14-10-12-6(2)4-18-10/h3-4H,1-2H3,(H,11,13,15)(H,12,14,16). The fourth-order valence-corrected chi connectivity index (χ4v) is 2.50. The third-order valence-electron chi connectivity index (χ3n) is 1.89. The van der Waals surface area contributed by atoms with Gasteiger partial charge < -0.3 is 0 Å². The lowest BCUT2D eigenvalue weighted by Gasteiger charge is -2.00. The topological polar surface area (TPSA) is 84.0 Å². The van der Waals surface area contributed by atoms with Gasteiger partial charge in [-0.3, -0.25) is 20.2 Å². The van der Waals surface area contributed by atoms with Crippen molar-refractivity contribution < 1.29 is 9.59 Å². The van der Waals surface area contributed by atoms with Crippen LogP contribution in [-0.2, 0) is 9.59 Å². The van der Waals surface area contributed by atoms with Gasteiger partial charge in [-0.2, -0.15) is 0 Å². The summed E-state index contributed by atoms with van der Waals surface area (Å²) in [4.78, 5) is 31.2. The molecule has 8 heteroatoms. The molecule has 94 valence electrons. The second kappa shape index (κ2) is 5.23. The third kappa shape index (κ3) is 3.11. The summed E-state index contributed by atoms with van der Waals surface area (Å²) in [5.74, 6) is -1.51. The predicted molar refractivity (Wildman–Crippen MR) is 71.0 cm³/mol. The van der Waals surface area contributed by atoms with E-state index in [9.17, 15) is 9.59 Å². The number of anilines is 2. The van der Waals surface area contributed by atoms with Gasteiger partial charge >= 0.3 is 11.8 Å². The Hall–Kier alpha value is -1.80. The van der Waals surface area contributed by atoms with Gasteiger partial charge in [0.05, 0.1) is 11.4 Å². The van der Waals surface area contributed by atoms with Crippen molar-refractivity contribution in [1.29, 1.82) is 0 Å². The van der Waals surface area contributed by atoms with E-state index in [1.54, 1.807) is 10.8 Å². The van der Waals surface area contributed by atoms with Gasteiger partial charge in [0.1, 0.15) is 0 Å². The zero-order chi connectivity index (χ0) is 13.1. The van der Waals surface area contributed by atoms with Crippen molar-refractivity contribution in [3.05, 3.63) is 22.1 Å². The molecule has 2 aromatic rings. The van der Waals surface area contributed by atoms with Crippen LogP contribution in [0.25, 0.3) is 0 Å². The van der Waals surface area contributed by atoms with Gasteiger partial charge in [-0.15, -0.1) is 22.7 Å². The molecule has 6 nitrogen and oxygen atoms in total. The minimum absolute atomic E-state index is 0.406. The highest BCUT2D eigenvalue weighted by atomic mass is 32.1. The number of carbonyl (C=O) groups excluding carboxylic acids is 2. The Kier molecular flexibility index (Phi) is 3.68. The summed E-state index contributed by atoms with van der Waals surface area (Å²) in [5, 5.41) is 9.24. The summed E-state index contributed by atoms with van der Waals surface area (Å²) in [6.07, 6.45) is 0. The zero-order valence-electron chi connectivity index (χ0n) is 9.68. The molecule has 2 rings (SSSR count). The molecule has 0 aliphatic carbocycles. The molecule has 2 amide bonds. The van der Waals surface area contributed by atoms with Crippen LogP contribution in [0.2, 0.25) is 0 Å². The summed E-state index contributed by atoms with van der Waals surface area (Å²) in [6, 6.07) is 0. The molecule has 0 atom stereocenters. The number of hydrogen-bond donors (Lipinski definition) is 2. The molecule has 0 aromatic carbocycles. The smallest absolute Gasteiger partial charge is 0.294 e. The Bertz CT molecular complexity index is 538. The Morgan fingerprint density at radius 2 is 1.33 bits per heavy atom. The molecule has 0 radical (unpaired) electrons. The minimum Gasteiger partial charge on any atom is -0.294 e. The van der Waals surface area contributed by atoms with Crippen molar-refractivity contribution >= 4 is 44.8 Å². The van der Waals surface area contributed by atoms with Gasteiger partial charge in [-0.1, -0.05) is 0 Å². The highest BCUT2D eigenvalue weighted by Gasteiger charge is 2.16. The van der Waals surface area contributed by atoms with E-state index in [1.807, 2.05) is 13.8 Å². The number of carbonyl (C=O) groups is 2. The van der Waals surface area contributed by atoms with Gasteiger partial charge in [0.15, 0.2) is 10.3 Å². The van der Waals surface area contributed by atoms with Crippen molar-refractivity contribution in [1.82, 2.24) is 9.97 Å². The van der Waals surface area contributed by atoms with E-state index in [1.165, 1.54) is 22.7 Å². The second-order valence-corrected chi connectivity index (χ2v) is 5.21. The Labute approximate surface area is 111 Å². The summed E-state index contributed by atoms with van der Waals surface area (Å²) in [7, 11) is 0. The predicted octanol–water partition coefficient (Wildman–Crippen LogP) is 1.79. The van der Waals surface area contributed by atoms with Crippen LogP contribution >= 0.6 is 22.7 Å². The van der Waals surface area contributed by atoms with Crippen LogP contribution in [0.1, 0.15) is 11.4 Å². The van der Waals surface area contributed by atoms with Gasteiger partial charge in [0, 0.05) is 10.8 Å². The van der Waals surface area contributed by atoms with Crippen LogP contribution in [0.15, 0.2) is 10.8 Å². The highest BCUT2D eigenvalue weighted by molar-refractivity contribution is 7.14. The quantitative estimate of drug-likeness (QED) is 0.823. The largest absolute Gasteiger partial charge is 0.315 e. The molecular formula is C10H10N4O2S2. The van der Waals surface area contributed by atoms with Crippen LogP contribution in [0, 0.1) is 13.8 Å². The maximum absolute atomic E-state index is 11.6. The SMILES string of the molecule is Cc1csc(NC(=O)C(=O)Nc2nc(C)cs2)n1. The molecule has 2 aromatic heterocycles. The normalized spacial score (nSPS) is 10.1. The number of nitrogens with one attached hydrogen (secondary N) is 2. The van der Waals surface area contributed by atoms with E-state index < -0.39 is 11.8 Å². The van der Waals surface area contributed by atoms with Crippen molar-refractivity contribution in [2.75, 3.05) is 10.6 Å². The summed E-state index contributed by atoms with van der Waals surface area (Å²) in [5.41, 5.74) is 1.59. The molecule has 18 heavy (non-hydrogen) atoms. The molecule has 0 fully saturated rings. The molecule has 0 aliphatic heterocycles. The average Bonchev–Trinajstić information content (AvgIpc) is 2.88. The molecule has 0 saturated heterocycles. The van der Waals surface area contributed by atoms with Crippen molar-refractivity contribution in [3.63, 3.8) is 0 Å². The first kappa shape index (κ1) is 12.7. The second-order valence-electron chi connectivity index (χ2n) is 3.50. The summed E-state index contributed by atoms with van der Waals surface area (Å²) < 4.78 is 0. The number of thiazole rings is 2. The van der Waals surface area contributed by atoms with E-state index in [0.29, 0.717) is 10.3 Å². The van der Waals surface area contributed by atoms with Gasteiger partial charge in [0.25, 0.3) is 0 Å². The van der Waals surface area contributed by atoms with Gasteiger partial charge in [0.2, 0.25) is 0 Å². The molecule has 0 unspecified atom stereocenters. The lowest BCUT2D eigenvalue weighted by molar-refractivity contribution is -0.133. The van der Waals surface area contributed by atoms with E-state index in [2.05, 4.69) is 20.6 Å². The zero-order valence-corrected chi connectivity index (χ0v) is 11.3. The first-order valence-corrected chi connectivity index (χ1v) is 6.77. The molecule has 2 N–H and O–H groups in total. The number of amides is 2. The molecule has 2 heterocycles. The number of aryl methyl sites for hydroxylation is 2. The Morgan fingerprint density at radius 1 is 0.944 bits per heavy atom. The molecular weight excluding hydrogens is 272 g/mol. The fourth-order valence-electron chi connectivity index (χ4n) is 1.13. The third-order valence-corrected chi connectivity index (χ3v) is 3.64. The highest BCUT2D eigenvalue weighted by Crippen LogP contribution is 2.16. The first-order chi connectivity index (χ1) is 8.54. The van der Waals surface area contributed by atoms with Crippen molar-refractivity contribution in [2.45, 2.75) is 13.8 Å². The number of nitrogens with zero attached hydrogens (tertiary/aromatic N) is 2. The molecule has 0 bridgehead atoms. The van der Waals surface area contributed by atoms with Gasteiger partial charge in [-0.25, -0.2) is 9.97 Å². The monoisotopic (exact) mass is 282 g/mol. The minimum atomic E-state index is -0.753. The Balaban J connectivity index is 1.95. The van der Waals surface area contributed by atoms with Crippen molar-refractivity contribution in [3.8, 4) is 0 Å². The van der Waals surface area contributed by atoms with Crippen LogP contribution < -0.4 is 10.6 Å². The van der Waals surface area contributed by atoms with E-state index >= 15 is 0 Å². The van der Waals surface area contributed by atoms with E-state index in [-0.39, 0.29) is 0 Å². The van der Waals surface area contributed by atoms with E-state index in [0.717, 1.165) is 11.4 Å². The Morgan fingerprint density at radius 3 is 1.61 bits per heavy atom. The number of aromatic nitrogens is 2. The number of hydrogen-bond acceptors (Lipinski definition) is 6.